The fraction of sp³-hybridized carbons (Fsp3) is 0.222. The van der Waals surface area contributed by atoms with Crippen molar-refractivity contribution in [1.82, 2.24) is 19.6 Å². The summed E-state index contributed by atoms with van der Waals surface area (Å²) in [6.45, 7) is 3.64. The molecule has 1 aliphatic rings. The van der Waals surface area contributed by atoms with Gasteiger partial charge in [0.1, 0.15) is 11.4 Å². The van der Waals surface area contributed by atoms with Gasteiger partial charge in [0, 0.05) is 38.1 Å². The van der Waals surface area contributed by atoms with Gasteiger partial charge in [-0.3, -0.25) is 14.5 Å². The third kappa shape index (κ3) is 4.18. The van der Waals surface area contributed by atoms with Gasteiger partial charge in [0.05, 0.1) is 12.5 Å². The smallest absolute Gasteiger partial charge is 0.279 e. The number of rotatable bonds is 5. The number of ether oxygens (including phenoxy) is 1. The summed E-state index contributed by atoms with van der Waals surface area (Å²) in [6, 6.07) is 24.7. The van der Waals surface area contributed by atoms with Crippen molar-refractivity contribution in [2.75, 3.05) is 33.3 Å². The van der Waals surface area contributed by atoms with E-state index in [2.05, 4.69) is 22.1 Å². The van der Waals surface area contributed by atoms with E-state index in [9.17, 15) is 9.59 Å². The minimum Gasteiger partial charge on any atom is -0.494 e. The number of methoxy groups -OCH3 is 1. The zero-order valence-electron chi connectivity index (χ0n) is 19.1. The van der Waals surface area contributed by atoms with Gasteiger partial charge in [-0.25, -0.2) is 0 Å². The lowest BCUT2D eigenvalue weighted by Crippen LogP contribution is -2.48. The maximum absolute atomic E-state index is 13.6. The van der Waals surface area contributed by atoms with Crippen molar-refractivity contribution in [2.45, 2.75) is 6.54 Å². The Balaban J connectivity index is 1.46. The molecule has 4 aromatic rings. The molecular formula is C27H26N4O3. The molecule has 172 valence electrons. The molecule has 1 fully saturated rings. The monoisotopic (exact) mass is 454 g/mol. The number of aromatic nitrogens is 2. The Morgan fingerprint density at radius 1 is 0.853 bits per heavy atom. The Kier molecular flexibility index (Phi) is 6.10. The second kappa shape index (κ2) is 9.49. The fourth-order valence-corrected chi connectivity index (χ4v) is 4.42. The molecule has 1 saturated heterocycles. The fourth-order valence-electron chi connectivity index (χ4n) is 4.42. The number of piperazine rings is 1. The molecule has 0 aliphatic carbocycles. The van der Waals surface area contributed by atoms with Crippen LogP contribution in [0.4, 0.5) is 0 Å². The van der Waals surface area contributed by atoms with Crippen LogP contribution < -0.4 is 10.3 Å². The highest BCUT2D eigenvalue weighted by molar-refractivity contribution is 6.04. The molecule has 0 saturated carbocycles. The average molecular weight is 455 g/mol. The molecule has 0 atom stereocenters. The molecule has 34 heavy (non-hydrogen) atoms. The number of amides is 1. The molecule has 0 radical (unpaired) electrons. The number of carbonyl (C=O) groups excluding carboxylic acids is 1. The van der Waals surface area contributed by atoms with Crippen LogP contribution in [-0.2, 0) is 6.54 Å². The van der Waals surface area contributed by atoms with Crippen molar-refractivity contribution in [2.24, 2.45) is 0 Å². The van der Waals surface area contributed by atoms with Gasteiger partial charge in [0.25, 0.3) is 11.5 Å². The molecule has 7 heteroatoms. The van der Waals surface area contributed by atoms with Crippen molar-refractivity contribution in [1.29, 1.82) is 0 Å². The van der Waals surface area contributed by atoms with E-state index in [1.165, 1.54) is 10.2 Å². The zero-order valence-corrected chi connectivity index (χ0v) is 19.1. The van der Waals surface area contributed by atoms with Crippen LogP contribution in [0.2, 0.25) is 0 Å². The summed E-state index contributed by atoms with van der Waals surface area (Å²) in [5.41, 5.74) is 1.75. The minimum atomic E-state index is -0.288. The van der Waals surface area contributed by atoms with Gasteiger partial charge < -0.3 is 9.64 Å². The second-order valence-electron chi connectivity index (χ2n) is 8.34. The molecule has 0 unspecified atom stereocenters. The third-order valence-electron chi connectivity index (χ3n) is 6.23. The lowest BCUT2D eigenvalue weighted by Gasteiger charge is -2.34. The number of hydrogen-bond acceptors (Lipinski definition) is 5. The van der Waals surface area contributed by atoms with Crippen LogP contribution in [0.25, 0.3) is 16.5 Å². The normalized spacial score (nSPS) is 14.3. The van der Waals surface area contributed by atoms with Crippen LogP contribution in [0.15, 0.2) is 83.7 Å². The molecule has 0 bridgehead atoms. The Morgan fingerprint density at radius 2 is 1.50 bits per heavy atom. The van der Waals surface area contributed by atoms with E-state index in [1.54, 1.807) is 37.4 Å². The van der Waals surface area contributed by atoms with Gasteiger partial charge in [-0.05, 0) is 23.8 Å². The summed E-state index contributed by atoms with van der Waals surface area (Å²) in [7, 11) is 1.55. The van der Waals surface area contributed by atoms with Crippen LogP contribution in [0, 0.1) is 0 Å². The van der Waals surface area contributed by atoms with E-state index in [0.717, 1.165) is 19.6 Å². The Bertz CT molecular complexity index is 1380. The topological polar surface area (TPSA) is 67.7 Å². The van der Waals surface area contributed by atoms with Crippen LogP contribution in [0.1, 0.15) is 16.1 Å². The molecule has 0 N–H and O–H groups in total. The van der Waals surface area contributed by atoms with Crippen molar-refractivity contribution >= 4 is 16.7 Å². The van der Waals surface area contributed by atoms with E-state index < -0.39 is 0 Å². The minimum absolute atomic E-state index is 0.167. The quantitative estimate of drug-likeness (QED) is 0.463. The van der Waals surface area contributed by atoms with Gasteiger partial charge in [-0.1, -0.05) is 60.7 Å². The number of carbonyl (C=O) groups is 1. The molecule has 2 heterocycles. The molecule has 1 amide bonds. The van der Waals surface area contributed by atoms with Crippen molar-refractivity contribution < 1.29 is 9.53 Å². The number of hydrogen-bond donors (Lipinski definition) is 0. The highest BCUT2D eigenvalue weighted by Crippen LogP contribution is 2.23. The first-order valence-corrected chi connectivity index (χ1v) is 11.4. The standard InChI is InChI=1S/C27H26N4O3/c1-34-24-14-8-7-13-23(24)31-26(32)22-12-6-5-11-21(22)25(28-31)27(33)30-17-15-29(16-18-30)19-20-9-3-2-4-10-20/h2-14H,15-19H2,1H3. The first-order chi connectivity index (χ1) is 16.7. The predicted octanol–water partition coefficient (Wildman–Crippen LogP) is 3.35. The average Bonchev–Trinajstić information content (AvgIpc) is 2.90. The Morgan fingerprint density at radius 3 is 2.24 bits per heavy atom. The lowest BCUT2D eigenvalue weighted by molar-refractivity contribution is 0.0623. The van der Waals surface area contributed by atoms with E-state index in [-0.39, 0.29) is 17.2 Å². The first kappa shape index (κ1) is 21.9. The number of nitrogens with zero attached hydrogens (tertiary/aromatic N) is 4. The SMILES string of the molecule is COc1ccccc1-n1nc(C(=O)N2CCN(Cc3ccccc3)CC2)c2ccccc2c1=O. The zero-order chi connectivity index (χ0) is 23.5. The summed E-state index contributed by atoms with van der Waals surface area (Å²) in [5, 5.41) is 5.58. The molecule has 7 nitrogen and oxygen atoms in total. The molecule has 3 aromatic carbocycles. The van der Waals surface area contributed by atoms with Crippen molar-refractivity contribution in [3.8, 4) is 11.4 Å². The summed E-state index contributed by atoms with van der Waals surface area (Å²) in [4.78, 5) is 31.1. The van der Waals surface area contributed by atoms with E-state index >= 15 is 0 Å². The second-order valence-corrected chi connectivity index (χ2v) is 8.34. The van der Waals surface area contributed by atoms with Crippen LogP contribution in [0.5, 0.6) is 5.75 Å². The van der Waals surface area contributed by atoms with Crippen LogP contribution >= 0.6 is 0 Å². The lowest BCUT2D eigenvalue weighted by atomic mass is 10.1. The summed E-state index contributed by atoms with van der Waals surface area (Å²) >= 11 is 0. The molecule has 5 rings (SSSR count). The van der Waals surface area contributed by atoms with E-state index in [4.69, 9.17) is 4.74 Å². The number of benzene rings is 3. The first-order valence-electron chi connectivity index (χ1n) is 11.4. The van der Waals surface area contributed by atoms with Crippen LogP contribution in [-0.4, -0.2) is 58.8 Å². The summed E-state index contributed by atoms with van der Waals surface area (Å²) < 4.78 is 6.72. The van der Waals surface area contributed by atoms with Gasteiger partial charge in [-0.15, -0.1) is 0 Å². The van der Waals surface area contributed by atoms with Gasteiger partial charge in [-0.2, -0.15) is 9.78 Å². The van der Waals surface area contributed by atoms with Crippen molar-refractivity contribution in [3.05, 3.63) is 100 Å². The largest absolute Gasteiger partial charge is 0.494 e. The van der Waals surface area contributed by atoms with E-state index in [0.29, 0.717) is 35.3 Å². The summed E-state index contributed by atoms with van der Waals surface area (Å²) in [6.07, 6.45) is 0. The Labute approximate surface area is 197 Å². The van der Waals surface area contributed by atoms with Gasteiger partial charge in [0.2, 0.25) is 0 Å². The van der Waals surface area contributed by atoms with Crippen LogP contribution in [0.3, 0.4) is 0 Å². The Hall–Kier alpha value is -3.97. The molecule has 1 aliphatic heterocycles. The van der Waals surface area contributed by atoms with Gasteiger partial charge in [0.15, 0.2) is 5.69 Å². The van der Waals surface area contributed by atoms with Crippen molar-refractivity contribution in [3.63, 3.8) is 0 Å². The van der Waals surface area contributed by atoms with E-state index in [1.807, 2.05) is 41.3 Å². The predicted molar refractivity (Wildman–Crippen MR) is 132 cm³/mol. The third-order valence-corrected chi connectivity index (χ3v) is 6.23. The maximum atomic E-state index is 13.6. The molecule has 1 aromatic heterocycles. The summed E-state index contributed by atoms with van der Waals surface area (Å²) in [5.74, 6) is 0.347. The molecule has 0 spiro atoms. The van der Waals surface area contributed by atoms with Gasteiger partial charge >= 0.3 is 0 Å². The number of para-hydroxylation sites is 2. The highest BCUT2D eigenvalue weighted by Gasteiger charge is 2.26. The molecular weight excluding hydrogens is 428 g/mol. The number of fused-ring (bicyclic) bond motifs is 1. The highest BCUT2D eigenvalue weighted by atomic mass is 16.5. The maximum Gasteiger partial charge on any atom is 0.279 e.